The summed E-state index contributed by atoms with van der Waals surface area (Å²) in [5, 5.41) is -0.0792. The maximum atomic E-state index is 11.6. The van der Waals surface area contributed by atoms with Gasteiger partial charge in [-0.1, -0.05) is 6.42 Å². The first-order chi connectivity index (χ1) is 7.19. The molecule has 0 radical (unpaired) electrons. The van der Waals surface area contributed by atoms with E-state index in [1.807, 2.05) is 13.2 Å². The Hall–Kier alpha value is -0.220. The molecule has 3 nitrogen and oxygen atoms in total. The number of esters is 1. The number of carbonyl (C=O) groups is 1. The van der Waals surface area contributed by atoms with Crippen LogP contribution >= 0.6 is 11.8 Å². The molecule has 0 saturated heterocycles. The lowest BCUT2D eigenvalue weighted by Gasteiger charge is -2.30. The molecular formula is C11H20O3S. The van der Waals surface area contributed by atoms with E-state index in [1.165, 1.54) is 18.2 Å². The summed E-state index contributed by atoms with van der Waals surface area (Å²) in [5.41, 5.74) is 0. The standard InChI is InChI=1S/C11H20O3S/c1-8(15-3)11(12)14-10-7-5-4-6-9(10)13-2/h8-10H,4-7H2,1-3H3. The van der Waals surface area contributed by atoms with Crippen LogP contribution in [0.25, 0.3) is 0 Å². The van der Waals surface area contributed by atoms with Gasteiger partial charge in [0.1, 0.15) is 6.10 Å². The van der Waals surface area contributed by atoms with E-state index < -0.39 is 0 Å². The van der Waals surface area contributed by atoms with Gasteiger partial charge < -0.3 is 9.47 Å². The Balaban J connectivity index is 2.44. The summed E-state index contributed by atoms with van der Waals surface area (Å²) in [6.45, 7) is 1.87. The largest absolute Gasteiger partial charge is 0.459 e. The summed E-state index contributed by atoms with van der Waals surface area (Å²) < 4.78 is 10.8. The highest BCUT2D eigenvalue weighted by Gasteiger charge is 2.29. The fourth-order valence-corrected chi connectivity index (χ4v) is 2.06. The van der Waals surface area contributed by atoms with E-state index >= 15 is 0 Å². The molecule has 88 valence electrons. The van der Waals surface area contributed by atoms with Crippen LogP contribution in [0.4, 0.5) is 0 Å². The fourth-order valence-electron chi connectivity index (χ4n) is 1.81. The van der Waals surface area contributed by atoms with Gasteiger partial charge in [0.2, 0.25) is 0 Å². The van der Waals surface area contributed by atoms with Crippen molar-refractivity contribution >= 4 is 17.7 Å². The predicted octanol–water partition coefficient (Wildman–Crippen LogP) is 2.24. The lowest BCUT2D eigenvalue weighted by atomic mass is 9.94. The Morgan fingerprint density at radius 1 is 1.33 bits per heavy atom. The van der Waals surface area contributed by atoms with Crippen molar-refractivity contribution in [2.75, 3.05) is 13.4 Å². The molecule has 0 aromatic carbocycles. The molecular weight excluding hydrogens is 212 g/mol. The van der Waals surface area contributed by atoms with Gasteiger partial charge in [-0.2, -0.15) is 11.8 Å². The zero-order valence-corrected chi connectivity index (χ0v) is 10.5. The molecule has 4 heteroatoms. The van der Waals surface area contributed by atoms with Crippen molar-refractivity contribution in [2.24, 2.45) is 0 Å². The normalized spacial score (nSPS) is 28.5. The minimum atomic E-state index is -0.114. The molecule has 0 N–H and O–H groups in total. The van der Waals surface area contributed by atoms with Crippen LogP contribution in [0.5, 0.6) is 0 Å². The third-order valence-electron chi connectivity index (χ3n) is 2.90. The number of carbonyl (C=O) groups excluding carboxylic acids is 1. The summed E-state index contributed by atoms with van der Waals surface area (Å²) in [6.07, 6.45) is 6.21. The smallest absolute Gasteiger partial charge is 0.319 e. The van der Waals surface area contributed by atoms with Gasteiger partial charge in [0, 0.05) is 7.11 Å². The Morgan fingerprint density at radius 3 is 2.47 bits per heavy atom. The molecule has 0 bridgehead atoms. The molecule has 0 heterocycles. The summed E-state index contributed by atoms with van der Waals surface area (Å²) in [5.74, 6) is -0.114. The van der Waals surface area contributed by atoms with Crippen molar-refractivity contribution in [3.8, 4) is 0 Å². The summed E-state index contributed by atoms with van der Waals surface area (Å²) in [4.78, 5) is 11.6. The van der Waals surface area contributed by atoms with Crippen LogP contribution in [0.3, 0.4) is 0 Å². The van der Waals surface area contributed by atoms with Gasteiger partial charge in [0.05, 0.1) is 11.4 Å². The molecule has 1 fully saturated rings. The number of thioether (sulfide) groups is 1. The first-order valence-corrected chi connectivity index (χ1v) is 6.74. The Bertz CT molecular complexity index is 208. The number of methoxy groups -OCH3 is 1. The SMILES string of the molecule is COC1CCCCC1OC(=O)C(C)SC. The van der Waals surface area contributed by atoms with E-state index in [0.29, 0.717) is 0 Å². The molecule has 1 saturated carbocycles. The summed E-state index contributed by atoms with van der Waals surface area (Å²) >= 11 is 1.51. The lowest BCUT2D eigenvalue weighted by Crippen LogP contribution is -2.37. The van der Waals surface area contributed by atoms with Gasteiger partial charge in [0.15, 0.2) is 0 Å². The molecule has 1 rings (SSSR count). The molecule has 3 unspecified atom stereocenters. The zero-order valence-electron chi connectivity index (χ0n) is 9.69. The quantitative estimate of drug-likeness (QED) is 0.696. The van der Waals surface area contributed by atoms with Crippen LogP contribution in [0, 0.1) is 0 Å². The second-order valence-electron chi connectivity index (χ2n) is 3.91. The first-order valence-electron chi connectivity index (χ1n) is 5.45. The van der Waals surface area contributed by atoms with Crippen LogP contribution in [-0.4, -0.2) is 36.8 Å². The number of hydrogen-bond donors (Lipinski definition) is 0. The molecule has 0 amide bonds. The Morgan fingerprint density at radius 2 is 1.93 bits per heavy atom. The predicted molar refractivity (Wildman–Crippen MR) is 62.1 cm³/mol. The molecule has 1 aliphatic carbocycles. The number of hydrogen-bond acceptors (Lipinski definition) is 4. The maximum Gasteiger partial charge on any atom is 0.319 e. The van der Waals surface area contributed by atoms with Gasteiger partial charge >= 0.3 is 5.97 Å². The highest BCUT2D eigenvalue weighted by Crippen LogP contribution is 2.24. The first kappa shape index (κ1) is 12.8. The minimum absolute atomic E-state index is 0.0363. The topological polar surface area (TPSA) is 35.5 Å². The van der Waals surface area contributed by atoms with E-state index in [0.717, 1.165) is 19.3 Å². The van der Waals surface area contributed by atoms with Crippen molar-refractivity contribution in [1.29, 1.82) is 0 Å². The summed E-state index contributed by atoms with van der Waals surface area (Å²) in [6, 6.07) is 0. The Kier molecular flexibility index (Phi) is 5.47. The van der Waals surface area contributed by atoms with Gasteiger partial charge in [-0.3, -0.25) is 4.79 Å². The van der Waals surface area contributed by atoms with Crippen LogP contribution in [0.15, 0.2) is 0 Å². The van der Waals surface area contributed by atoms with Crippen LogP contribution in [0.2, 0.25) is 0 Å². The third kappa shape index (κ3) is 3.68. The Labute approximate surface area is 95.9 Å². The van der Waals surface area contributed by atoms with Crippen LogP contribution in [-0.2, 0) is 14.3 Å². The zero-order chi connectivity index (χ0) is 11.3. The molecule has 0 aliphatic heterocycles. The average molecular weight is 232 g/mol. The van der Waals surface area contributed by atoms with Crippen molar-refractivity contribution < 1.29 is 14.3 Å². The molecule has 1 aliphatic rings. The van der Waals surface area contributed by atoms with E-state index in [2.05, 4.69) is 0 Å². The molecule has 0 aromatic heterocycles. The van der Waals surface area contributed by atoms with Crippen LogP contribution < -0.4 is 0 Å². The van der Waals surface area contributed by atoms with E-state index in [-0.39, 0.29) is 23.4 Å². The average Bonchev–Trinajstić information content (AvgIpc) is 2.28. The highest BCUT2D eigenvalue weighted by atomic mass is 32.2. The fraction of sp³-hybridized carbons (Fsp3) is 0.909. The van der Waals surface area contributed by atoms with Crippen molar-refractivity contribution in [3.63, 3.8) is 0 Å². The second-order valence-corrected chi connectivity index (χ2v) is 5.09. The molecule has 3 atom stereocenters. The maximum absolute atomic E-state index is 11.6. The van der Waals surface area contributed by atoms with E-state index in [4.69, 9.17) is 9.47 Å². The molecule has 0 aromatic rings. The van der Waals surface area contributed by atoms with E-state index in [1.54, 1.807) is 7.11 Å². The van der Waals surface area contributed by atoms with Crippen LogP contribution in [0.1, 0.15) is 32.6 Å². The molecule has 15 heavy (non-hydrogen) atoms. The lowest BCUT2D eigenvalue weighted by molar-refractivity contribution is -0.158. The monoisotopic (exact) mass is 232 g/mol. The summed E-state index contributed by atoms with van der Waals surface area (Å²) in [7, 11) is 1.69. The number of ether oxygens (including phenoxy) is 2. The number of rotatable bonds is 4. The van der Waals surface area contributed by atoms with Gasteiger partial charge in [0.25, 0.3) is 0 Å². The van der Waals surface area contributed by atoms with E-state index in [9.17, 15) is 4.79 Å². The molecule has 0 spiro atoms. The third-order valence-corrected chi connectivity index (χ3v) is 3.80. The van der Waals surface area contributed by atoms with Crippen molar-refractivity contribution in [3.05, 3.63) is 0 Å². The van der Waals surface area contributed by atoms with Gasteiger partial charge in [-0.25, -0.2) is 0 Å². The van der Waals surface area contributed by atoms with Crippen molar-refractivity contribution in [2.45, 2.75) is 50.1 Å². The van der Waals surface area contributed by atoms with Gasteiger partial charge in [-0.15, -0.1) is 0 Å². The van der Waals surface area contributed by atoms with Crippen molar-refractivity contribution in [1.82, 2.24) is 0 Å². The highest BCUT2D eigenvalue weighted by molar-refractivity contribution is 7.99. The minimum Gasteiger partial charge on any atom is -0.459 e. The van der Waals surface area contributed by atoms with Gasteiger partial charge in [-0.05, 0) is 32.4 Å². The second kappa shape index (κ2) is 6.38.